The van der Waals surface area contributed by atoms with E-state index in [2.05, 4.69) is 6.08 Å². The Hall–Kier alpha value is -0.630. The first-order valence-corrected chi connectivity index (χ1v) is 6.16. The first-order valence-electron chi connectivity index (χ1n) is 6.16. The molecule has 1 rings (SSSR count). The topological polar surface area (TPSA) is 43.1 Å². The second-order valence-corrected chi connectivity index (χ2v) is 4.52. The van der Waals surface area contributed by atoms with Crippen LogP contribution < -0.4 is 5.73 Å². The molecule has 0 aromatic rings. The zero-order valence-electron chi connectivity index (χ0n) is 10.0. The SMILES string of the molecule is CCC(N)(CC)C(=O)C1=CCCCCC1. The van der Waals surface area contributed by atoms with E-state index in [1.54, 1.807) is 0 Å². The van der Waals surface area contributed by atoms with E-state index in [-0.39, 0.29) is 5.78 Å². The van der Waals surface area contributed by atoms with Gasteiger partial charge in [0, 0.05) is 0 Å². The molecule has 0 aromatic carbocycles. The Balaban J connectivity index is 2.77. The van der Waals surface area contributed by atoms with Crippen LogP contribution in [0.1, 0.15) is 58.8 Å². The molecule has 0 bridgehead atoms. The highest BCUT2D eigenvalue weighted by atomic mass is 16.1. The van der Waals surface area contributed by atoms with Crippen LogP contribution in [0.4, 0.5) is 0 Å². The summed E-state index contributed by atoms with van der Waals surface area (Å²) in [6, 6.07) is 0. The predicted octanol–water partition coefficient (Wildman–Crippen LogP) is 2.96. The van der Waals surface area contributed by atoms with Crippen molar-refractivity contribution in [2.75, 3.05) is 0 Å². The number of hydrogen-bond acceptors (Lipinski definition) is 2. The number of carbonyl (C=O) groups excluding carboxylic acids is 1. The van der Waals surface area contributed by atoms with Gasteiger partial charge in [0.25, 0.3) is 0 Å². The number of ketones is 1. The van der Waals surface area contributed by atoms with Gasteiger partial charge in [0.2, 0.25) is 0 Å². The smallest absolute Gasteiger partial charge is 0.178 e. The fraction of sp³-hybridized carbons (Fsp3) is 0.769. The molecule has 0 saturated carbocycles. The Morgan fingerprint density at radius 3 is 2.60 bits per heavy atom. The van der Waals surface area contributed by atoms with Crippen molar-refractivity contribution in [2.45, 2.75) is 64.3 Å². The lowest BCUT2D eigenvalue weighted by molar-refractivity contribution is -0.120. The molecule has 2 heteroatoms. The summed E-state index contributed by atoms with van der Waals surface area (Å²) >= 11 is 0. The molecule has 0 aromatic heterocycles. The number of allylic oxidation sites excluding steroid dienone is 1. The van der Waals surface area contributed by atoms with Gasteiger partial charge in [-0.1, -0.05) is 26.3 Å². The van der Waals surface area contributed by atoms with Crippen molar-refractivity contribution in [3.8, 4) is 0 Å². The summed E-state index contributed by atoms with van der Waals surface area (Å²) in [7, 11) is 0. The third-order valence-corrected chi connectivity index (χ3v) is 3.55. The Labute approximate surface area is 92.9 Å². The minimum absolute atomic E-state index is 0.189. The summed E-state index contributed by atoms with van der Waals surface area (Å²) in [5.41, 5.74) is 6.50. The predicted molar refractivity (Wildman–Crippen MR) is 63.7 cm³/mol. The average Bonchev–Trinajstić information content (AvgIpc) is 2.55. The molecule has 0 amide bonds. The molecule has 0 aliphatic heterocycles. The summed E-state index contributed by atoms with van der Waals surface area (Å²) in [6.07, 6.45) is 9.15. The van der Waals surface area contributed by atoms with Crippen LogP contribution in [-0.4, -0.2) is 11.3 Å². The lowest BCUT2D eigenvalue weighted by Crippen LogP contribution is -2.47. The van der Waals surface area contributed by atoms with Crippen molar-refractivity contribution in [3.05, 3.63) is 11.6 Å². The standard InChI is InChI=1S/C13H23NO/c1-3-13(14,4-2)12(15)11-9-7-5-6-8-10-11/h9H,3-8,10,14H2,1-2H3. The zero-order valence-corrected chi connectivity index (χ0v) is 10.0. The first-order chi connectivity index (χ1) is 7.14. The highest BCUT2D eigenvalue weighted by molar-refractivity contribution is 6.02. The van der Waals surface area contributed by atoms with Gasteiger partial charge < -0.3 is 5.73 Å². The van der Waals surface area contributed by atoms with Crippen LogP contribution in [0.15, 0.2) is 11.6 Å². The maximum absolute atomic E-state index is 12.2. The number of rotatable bonds is 4. The van der Waals surface area contributed by atoms with E-state index in [0.29, 0.717) is 0 Å². The number of Topliss-reactive ketones (excluding diaryl/α,β-unsaturated/α-hetero) is 1. The van der Waals surface area contributed by atoms with Gasteiger partial charge in [-0.05, 0) is 44.1 Å². The molecule has 1 aliphatic carbocycles. The average molecular weight is 209 g/mol. The number of carbonyl (C=O) groups is 1. The molecular weight excluding hydrogens is 186 g/mol. The van der Waals surface area contributed by atoms with Crippen molar-refractivity contribution in [2.24, 2.45) is 5.73 Å². The van der Waals surface area contributed by atoms with Crippen LogP contribution in [-0.2, 0) is 4.79 Å². The Bertz CT molecular complexity index is 251. The monoisotopic (exact) mass is 209 g/mol. The molecule has 15 heavy (non-hydrogen) atoms. The second-order valence-electron chi connectivity index (χ2n) is 4.52. The van der Waals surface area contributed by atoms with E-state index in [1.807, 2.05) is 13.8 Å². The summed E-state index contributed by atoms with van der Waals surface area (Å²) in [4.78, 5) is 12.2. The van der Waals surface area contributed by atoms with E-state index < -0.39 is 5.54 Å². The third-order valence-electron chi connectivity index (χ3n) is 3.55. The van der Waals surface area contributed by atoms with Gasteiger partial charge in [0.1, 0.15) is 0 Å². The third kappa shape index (κ3) is 2.91. The van der Waals surface area contributed by atoms with Crippen LogP contribution >= 0.6 is 0 Å². The quantitative estimate of drug-likeness (QED) is 0.773. The van der Waals surface area contributed by atoms with Crippen molar-refractivity contribution < 1.29 is 4.79 Å². The molecule has 0 heterocycles. The van der Waals surface area contributed by atoms with E-state index in [4.69, 9.17) is 5.73 Å². The highest BCUT2D eigenvalue weighted by Gasteiger charge is 2.31. The summed E-state index contributed by atoms with van der Waals surface area (Å²) in [5.74, 6) is 0.189. The molecule has 0 fully saturated rings. The Kier molecular flexibility index (Phi) is 4.52. The molecule has 0 spiro atoms. The number of nitrogens with two attached hydrogens (primary N) is 1. The lowest BCUT2D eigenvalue weighted by atomic mass is 9.84. The second kappa shape index (κ2) is 5.45. The highest BCUT2D eigenvalue weighted by Crippen LogP contribution is 2.24. The molecule has 2 nitrogen and oxygen atoms in total. The van der Waals surface area contributed by atoms with E-state index >= 15 is 0 Å². The Morgan fingerprint density at radius 1 is 1.33 bits per heavy atom. The fourth-order valence-electron chi connectivity index (χ4n) is 2.11. The van der Waals surface area contributed by atoms with Crippen molar-refractivity contribution in [1.29, 1.82) is 0 Å². The van der Waals surface area contributed by atoms with Gasteiger partial charge in [-0.15, -0.1) is 0 Å². The maximum atomic E-state index is 12.2. The minimum atomic E-state index is -0.615. The van der Waals surface area contributed by atoms with E-state index in [9.17, 15) is 4.79 Å². The van der Waals surface area contributed by atoms with Crippen molar-refractivity contribution in [3.63, 3.8) is 0 Å². The van der Waals surface area contributed by atoms with Crippen molar-refractivity contribution in [1.82, 2.24) is 0 Å². The fourth-order valence-corrected chi connectivity index (χ4v) is 2.11. The molecule has 0 atom stereocenters. The Morgan fingerprint density at radius 2 is 2.00 bits per heavy atom. The lowest BCUT2D eigenvalue weighted by Gasteiger charge is -2.26. The normalized spacial score (nSPS) is 18.2. The number of hydrogen-bond donors (Lipinski definition) is 1. The summed E-state index contributed by atoms with van der Waals surface area (Å²) in [5, 5.41) is 0. The molecule has 0 saturated heterocycles. The van der Waals surface area contributed by atoms with E-state index in [1.165, 1.54) is 12.8 Å². The molecule has 1 aliphatic rings. The minimum Gasteiger partial charge on any atom is -0.319 e. The van der Waals surface area contributed by atoms with Crippen LogP contribution in [0, 0.1) is 0 Å². The van der Waals surface area contributed by atoms with Crippen LogP contribution in [0.25, 0.3) is 0 Å². The van der Waals surface area contributed by atoms with Gasteiger partial charge in [0.05, 0.1) is 5.54 Å². The van der Waals surface area contributed by atoms with E-state index in [0.717, 1.165) is 37.7 Å². The van der Waals surface area contributed by atoms with Gasteiger partial charge in [-0.3, -0.25) is 4.79 Å². The van der Waals surface area contributed by atoms with Crippen LogP contribution in [0.3, 0.4) is 0 Å². The van der Waals surface area contributed by atoms with Gasteiger partial charge in [-0.25, -0.2) is 0 Å². The molecular formula is C13H23NO. The maximum Gasteiger partial charge on any atom is 0.178 e. The van der Waals surface area contributed by atoms with Gasteiger partial charge in [0.15, 0.2) is 5.78 Å². The van der Waals surface area contributed by atoms with Gasteiger partial charge in [-0.2, -0.15) is 0 Å². The van der Waals surface area contributed by atoms with Crippen molar-refractivity contribution >= 4 is 5.78 Å². The molecule has 0 radical (unpaired) electrons. The largest absolute Gasteiger partial charge is 0.319 e. The summed E-state index contributed by atoms with van der Waals surface area (Å²) in [6.45, 7) is 4.00. The summed E-state index contributed by atoms with van der Waals surface area (Å²) < 4.78 is 0. The zero-order chi connectivity index (χ0) is 11.3. The van der Waals surface area contributed by atoms with Crippen LogP contribution in [0.2, 0.25) is 0 Å². The molecule has 0 unspecified atom stereocenters. The molecule has 2 N–H and O–H groups in total. The first kappa shape index (κ1) is 12.4. The molecule has 86 valence electrons. The van der Waals surface area contributed by atoms with Crippen LogP contribution in [0.5, 0.6) is 0 Å². The van der Waals surface area contributed by atoms with Gasteiger partial charge >= 0.3 is 0 Å².